The number of amides is 3. The van der Waals surface area contributed by atoms with Crippen molar-refractivity contribution >= 4 is 23.7 Å². The molecule has 3 heterocycles. The fraction of sp³-hybridized carbons (Fsp3) is 0.611. The molecule has 2 N–H and O–H groups in total. The third-order valence-electron chi connectivity index (χ3n) is 10.5. The van der Waals surface area contributed by atoms with E-state index in [1.807, 2.05) is 42.2 Å². The number of likely N-dealkylation sites (tertiary alicyclic amines) is 1. The summed E-state index contributed by atoms with van der Waals surface area (Å²) in [5, 5.41) is 13.5. The normalized spacial score (nSPS) is 28.3. The summed E-state index contributed by atoms with van der Waals surface area (Å²) < 4.78 is 12.2. The van der Waals surface area contributed by atoms with Crippen molar-refractivity contribution in [1.29, 1.82) is 0 Å². The smallest absolute Gasteiger partial charge is 0.306 e. The van der Waals surface area contributed by atoms with E-state index in [2.05, 4.69) is 18.5 Å². The maximum Gasteiger partial charge on any atom is 0.306 e. The van der Waals surface area contributed by atoms with Crippen LogP contribution < -0.4 is 5.32 Å². The van der Waals surface area contributed by atoms with Crippen molar-refractivity contribution in [3.05, 3.63) is 61.2 Å². The Hall–Kier alpha value is -3.50. The number of aliphatic hydroxyl groups is 1. The predicted molar refractivity (Wildman–Crippen MR) is 172 cm³/mol. The number of hydrogen-bond acceptors (Lipinski definition) is 7. The van der Waals surface area contributed by atoms with E-state index < -0.39 is 47.6 Å². The molecule has 3 aliphatic heterocycles. The van der Waals surface area contributed by atoms with Crippen LogP contribution in [0.5, 0.6) is 0 Å². The molecule has 0 unspecified atom stereocenters. The fourth-order valence-corrected chi connectivity index (χ4v) is 8.23. The van der Waals surface area contributed by atoms with Crippen LogP contribution in [0.15, 0.2) is 55.6 Å². The molecule has 3 saturated heterocycles. The lowest BCUT2D eigenvalue weighted by atomic mass is 9.70. The average Bonchev–Trinajstić information content (AvgIpc) is 3.73. The molecule has 1 spiro atoms. The minimum Gasteiger partial charge on any atom is -0.463 e. The number of rotatable bonds is 15. The van der Waals surface area contributed by atoms with Crippen molar-refractivity contribution in [3.8, 4) is 0 Å². The Morgan fingerprint density at radius 2 is 1.89 bits per heavy atom. The second-order valence-corrected chi connectivity index (χ2v) is 13.1. The first-order chi connectivity index (χ1) is 22.3. The zero-order valence-corrected chi connectivity index (χ0v) is 27.0. The number of ether oxygens (including phenoxy) is 2. The van der Waals surface area contributed by atoms with Crippen LogP contribution in [0.1, 0.15) is 82.7 Å². The highest BCUT2D eigenvalue weighted by Gasteiger charge is 2.75. The van der Waals surface area contributed by atoms with Gasteiger partial charge in [0.05, 0.1) is 36.6 Å². The topological polar surface area (TPSA) is 125 Å². The summed E-state index contributed by atoms with van der Waals surface area (Å²) in [5.41, 5.74) is -0.408. The van der Waals surface area contributed by atoms with Gasteiger partial charge in [0, 0.05) is 19.0 Å². The Morgan fingerprint density at radius 3 is 2.54 bits per heavy atom. The van der Waals surface area contributed by atoms with Gasteiger partial charge >= 0.3 is 5.97 Å². The first-order valence-corrected chi connectivity index (χ1v) is 16.9. The number of fused-ring (bicyclic) bond motifs is 1. The minimum atomic E-state index is -1.17. The molecule has 2 bridgehead atoms. The Morgan fingerprint density at radius 1 is 1.15 bits per heavy atom. The molecular formula is C36H49N3O7. The van der Waals surface area contributed by atoms with Crippen LogP contribution in [0.25, 0.3) is 0 Å². The van der Waals surface area contributed by atoms with Crippen molar-refractivity contribution in [2.75, 3.05) is 19.8 Å². The standard InChI is InChI=1S/C36H49N3O7/c1-4-7-18-29(41)45-23-27(24-14-10-8-11-15-24)37-33(42)30-28-19-20-36(46-28)31(30)34(43)39(25(6-3)22-40)32(36)35(44)38(21-5-2)26-16-12-9-13-17-26/h4-5,8,10-11,14-15,25-28,30-32,40H,1-2,6-7,9,12-13,16-23H2,3H3,(H,37,42)/t25-,27+,28-,30+,31+,32-,36+/m0/s1. The summed E-state index contributed by atoms with van der Waals surface area (Å²) >= 11 is 0. The van der Waals surface area contributed by atoms with Crippen LogP contribution in [0, 0.1) is 11.8 Å². The molecule has 4 aliphatic rings. The molecule has 1 aromatic rings. The number of benzene rings is 1. The lowest BCUT2D eigenvalue weighted by Gasteiger charge is -2.42. The van der Waals surface area contributed by atoms with E-state index in [9.17, 15) is 24.3 Å². The van der Waals surface area contributed by atoms with Crippen molar-refractivity contribution in [2.24, 2.45) is 11.8 Å². The van der Waals surface area contributed by atoms with Gasteiger partial charge in [-0.1, -0.05) is 68.7 Å². The van der Waals surface area contributed by atoms with Crippen LogP contribution in [0.4, 0.5) is 0 Å². The fourth-order valence-electron chi connectivity index (χ4n) is 8.23. The van der Waals surface area contributed by atoms with Crippen molar-refractivity contribution in [1.82, 2.24) is 15.1 Å². The van der Waals surface area contributed by atoms with Crippen LogP contribution in [-0.4, -0.2) is 88.2 Å². The SMILES string of the molecule is C=CCCC(=O)OC[C@@H](NC(=O)[C@@H]1[C@@H]2CC[C@]3(O2)[C@H](C(=O)N(CC=C)C2CCCCC2)N([C@@H](CC)CO)C(=O)[C@@H]13)c1ccccc1. The molecule has 1 saturated carbocycles. The number of nitrogens with zero attached hydrogens (tertiary/aromatic N) is 2. The molecule has 250 valence electrons. The first-order valence-electron chi connectivity index (χ1n) is 16.9. The number of nitrogens with one attached hydrogen (secondary N) is 1. The van der Waals surface area contributed by atoms with Crippen molar-refractivity contribution in [2.45, 2.75) is 107 Å². The van der Waals surface area contributed by atoms with Gasteiger partial charge in [0.15, 0.2) is 0 Å². The molecule has 0 aromatic heterocycles. The van der Waals surface area contributed by atoms with Crippen LogP contribution in [-0.2, 0) is 28.7 Å². The van der Waals surface area contributed by atoms with Crippen LogP contribution in [0.3, 0.4) is 0 Å². The van der Waals surface area contributed by atoms with Crippen molar-refractivity contribution in [3.63, 3.8) is 0 Å². The molecule has 1 aromatic carbocycles. The molecule has 3 amide bonds. The van der Waals surface area contributed by atoms with E-state index in [1.54, 1.807) is 17.1 Å². The molecule has 10 heteroatoms. The third-order valence-corrected chi connectivity index (χ3v) is 10.5. The molecule has 1 aliphatic carbocycles. The highest BCUT2D eigenvalue weighted by atomic mass is 16.5. The van der Waals surface area contributed by atoms with E-state index in [4.69, 9.17) is 9.47 Å². The molecular weight excluding hydrogens is 586 g/mol. The maximum absolute atomic E-state index is 14.7. The number of allylic oxidation sites excluding steroid dienone is 1. The van der Waals surface area contributed by atoms with E-state index in [-0.39, 0.29) is 43.4 Å². The van der Waals surface area contributed by atoms with E-state index in [1.165, 1.54) is 0 Å². The Kier molecular flexibility index (Phi) is 11.0. The van der Waals surface area contributed by atoms with E-state index in [0.29, 0.717) is 32.2 Å². The molecule has 0 radical (unpaired) electrons. The van der Waals surface area contributed by atoms with E-state index in [0.717, 1.165) is 37.7 Å². The number of esters is 1. The van der Waals surface area contributed by atoms with Gasteiger partial charge in [0.2, 0.25) is 17.7 Å². The van der Waals surface area contributed by atoms with Gasteiger partial charge in [-0.05, 0) is 44.1 Å². The van der Waals surface area contributed by atoms with Gasteiger partial charge < -0.3 is 29.7 Å². The maximum atomic E-state index is 14.7. The van der Waals surface area contributed by atoms with Gasteiger partial charge in [-0.15, -0.1) is 13.2 Å². The van der Waals surface area contributed by atoms with Gasteiger partial charge in [0.1, 0.15) is 18.2 Å². The first kappa shape index (κ1) is 33.9. The number of aliphatic hydroxyl groups excluding tert-OH is 1. The monoisotopic (exact) mass is 635 g/mol. The summed E-state index contributed by atoms with van der Waals surface area (Å²) in [6.07, 6.45) is 9.96. The lowest BCUT2D eigenvalue weighted by molar-refractivity contribution is -0.153. The van der Waals surface area contributed by atoms with Gasteiger partial charge in [0.25, 0.3) is 0 Å². The molecule has 7 atom stereocenters. The summed E-state index contributed by atoms with van der Waals surface area (Å²) in [4.78, 5) is 59.1. The van der Waals surface area contributed by atoms with E-state index >= 15 is 0 Å². The van der Waals surface area contributed by atoms with Crippen LogP contribution in [0.2, 0.25) is 0 Å². The Balaban J connectivity index is 1.45. The zero-order chi connectivity index (χ0) is 32.8. The summed E-state index contributed by atoms with van der Waals surface area (Å²) in [6, 6.07) is 7.13. The second kappa shape index (κ2) is 14.9. The summed E-state index contributed by atoms with van der Waals surface area (Å²) in [5.74, 6) is -2.98. The molecule has 5 rings (SSSR count). The molecule has 10 nitrogen and oxygen atoms in total. The number of carbonyl (C=O) groups excluding carboxylic acids is 4. The highest BCUT2D eigenvalue weighted by molar-refractivity contribution is 5.99. The summed E-state index contributed by atoms with van der Waals surface area (Å²) in [6.45, 7) is 9.43. The summed E-state index contributed by atoms with van der Waals surface area (Å²) in [7, 11) is 0. The van der Waals surface area contributed by atoms with Gasteiger partial charge in [-0.3, -0.25) is 19.2 Å². The molecule has 4 fully saturated rings. The van der Waals surface area contributed by atoms with Gasteiger partial charge in [-0.2, -0.15) is 0 Å². The second-order valence-electron chi connectivity index (χ2n) is 13.1. The number of carbonyl (C=O) groups is 4. The highest BCUT2D eigenvalue weighted by Crippen LogP contribution is 2.59. The van der Waals surface area contributed by atoms with Crippen LogP contribution >= 0.6 is 0 Å². The van der Waals surface area contributed by atoms with Gasteiger partial charge in [-0.25, -0.2) is 0 Å². The Bertz CT molecular complexity index is 1280. The zero-order valence-electron chi connectivity index (χ0n) is 27.0. The predicted octanol–water partition coefficient (Wildman–Crippen LogP) is 3.85. The number of hydrogen-bond donors (Lipinski definition) is 2. The minimum absolute atomic E-state index is 0.0411. The Labute approximate surface area is 272 Å². The third kappa shape index (κ3) is 6.38. The van der Waals surface area contributed by atoms with Crippen molar-refractivity contribution < 1.29 is 33.8 Å². The average molecular weight is 636 g/mol. The molecule has 46 heavy (non-hydrogen) atoms. The lowest BCUT2D eigenvalue weighted by Crippen LogP contribution is -2.60. The quantitative estimate of drug-likeness (QED) is 0.222. The largest absolute Gasteiger partial charge is 0.463 e.